The minimum atomic E-state index is -0.0289. The number of nitrogens with zero attached hydrogens (tertiary/aromatic N) is 1. The van der Waals surface area contributed by atoms with E-state index in [1.54, 1.807) is 0 Å². The SMILES string of the molecule is Cc1ccc(NC(=O)N2CCSC2c2ccc(C(C)(C)C)cc2)cc1. The second-order valence-corrected chi connectivity index (χ2v) is 8.77. The van der Waals surface area contributed by atoms with E-state index in [1.807, 2.05) is 47.9 Å². The highest BCUT2D eigenvalue weighted by Gasteiger charge is 2.31. The van der Waals surface area contributed by atoms with Crippen LogP contribution in [0.1, 0.15) is 42.8 Å². The molecule has 1 aliphatic rings. The van der Waals surface area contributed by atoms with Gasteiger partial charge in [0.1, 0.15) is 5.37 Å². The van der Waals surface area contributed by atoms with Crippen molar-refractivity contribution in [3.63, 3.8) is 0 Å². The fourth-order valence-corrected chi connectivity index (χ4v) is 4.19. The van der Waals surface area contributed by atoms with E-state index in [1.165, 1.54) is 16.7 Å². The molecular formula is C21H26N2OS. The second-order valence-electron chi connectivity index (χ2n) is 7.58. The van der Waals surface area contributed by atoms with Crippen LogP contribution in [0, 0.1) is 6.92 Å². The molecule has 1 saturated heterocycles. The lowest BCUT2D eigenvalue weighted by molar-refractivity contribution is 0.214. The minimum absolute atomic E-state index is 0.0289. The number of aryl methyl sites for hydroxylation is 1. The smallest absolute Gasteiger partial charge is 0.308 e. The number of nitrogens with one attached hydrogen (secondary N) is 1. The van der Waals surface area contributed by atoms with Crippen LogP contribution in [-0.2, 0) is 5.41 Å². The van der Waals surface area contributed by atoms with Gasteiger partial charge in [-0.25, -0.2) is 4.79 Å². The third-order valence-electron chi connectivity index (χ3n) is 4.52. The van der Waals surface area contributed by atoms with Crippen LogP contribution in [0.15, 0.2) is 48.5 Å². The Morgan fingerprint density at radius 2 is 1.72 bits per heavy atom. The third-order valence-corrected chi connectivity index (χ3v) is 5.78. The lowest BCUT2D eigenvalue weighted by atomic mass is 9.87. The summed E-state index contributed by atoms with van der Waals surface area (Å²) in [5.41, 5.74) is 4.68. The molecule has 25 heavy (non-hydrogen) atoms. The first-order valence-corrected chi connectivity index (χ1v) is 9.76. The summed E-state index contributed by atoms with van der Waals surface area (Å²) in [4.78, 5) is 14.6. The highest BCUT2D eigenvalue weighted by Crippen LogP contribution is 2.38. The zero-order valence-corrected chi connectivity index (χ0v) is 16.2. The van der Waals surface area contributed by atoms with E-state index in [0.29, 0.717) is 0 Å². The van der Waals surface area contributed by atoms with E-state index >= 15 is 0 Å². The third kappa shape index (κ3) is 4.18. The summed E-state index contributed by atoms with van der Waals surface area (Å²) in [5.74, 6) is 0.965. The van der Waals surface area contributed by atoms with Gasteiger partial charge in [0.05, 0.1) is 0 Å². The maximum absolute atomic E-state index is 12.7. The Labute approximate surface area is 154 Å². The van der Waals surface area contributed by atoms with Crippen molar-refractivity contribution < 1.29 is 4.79 Å². The molecule has 2 amide bonds. The number of benzene rings is 2. The average molecular weight is 355 g/mol. The van der Waals surface area contributed by atoms with Gasteiger partial charge in [-0.1, -0.05) is 62.7 Å². The van der Waals surface area contributed by atoms with Crippen LogP contribution in [0.2, 0.25) is 0 Å². The van der Waals surface area contributed by atoms with Crippen molar-refractivity contribution in [2.45, 2.75) is 38.5 Å². The molecule has 132 valence electrons. The summed E-state index contributed by atoms with van der Waals surface area (Å²) in [5, 5.41) is 3.10. The van der Waals surface area contributed by atoms with E-state index in [-0.39, 0.29) is 16.8 Å². The van der Waals surface area contributed by atoms with Gasteiger partial charge in [0.2, 0.25) is 0 Å². The molecule has 0 aromatic heterocycles. The van der Waals surface area contributed by atoms with Crippen molar-refractivity contribution in [1.82, 2.24) is 4.90 Å². The molecule has 1 N–H and O–H groups in total. The predicted molar refractivity (Wildman–Crippen MR) is 107 cm³/mol. The fourth-order valence-electron chi connectivity index (χ4n) is 2.93. The molecule has 1 heterocycles. The van der Waals surface area contributed by atoms with E-state index in [2.05, 4.69) is 50.4 Å². The lowest BCUT2D eigenvalue weighted by Gasteiger charge is -2.25. The van der Waals surface area contributed by atoms with Crippen LogP contribution in [0.3, 0.4) is 0 Å². The monoisotopic (exact) mass is 354 g/mol. The van der Waals surface area contributed by atoms with Crippen LogP contribution >= 0.6 is 11.8 Å². The first-order valence-electron chi connectivity index (χ1n) is 8.71. The predicted octanol–water partition coefficient (Wildman–Crippen LogP) is 5.57. The molecule has 0 aliphatic carbocycles. The van der Waals surface area contributed by atoms with Crippen molar-refractivity contribution in [3.8, 4) is 0 Å². The van der Waals surface area contributed by atoms with Crippen molar-refractivity contribution in [3.05, 3.63) is 65.2 Å². The highest BCUT2D eigenvalue weighted by atomic mass is 32.2. The fraction of sp³-hybridized carbons (Fsp3) is 0.381. The highest BCUT2D eigenvalue weighted by molar-refractivity contribution is 7.99. The molecule has 4 heteroatoms. The number of amides is 2. The maximum atomic E-state index is 12.7. The maximum Gasteiger partial charge on any atom is 0.323 e. The molecular weight excluding hydrogens is 328 g/mol. The Kier molecular flexibility index (Phi) is 5.09. The van der Waals surface area contributed by atoms with Gasteiger partial charge < -0.3 is 10.2 Å². The molecule has 2 aromatic carbocycles. The molecule has 0 radical (unpaired) electrons. The van der Waals surface area contributed by atoms with Gasteiger partial charge in [-0.2, -0.15) is 0 Å². The summed E-state index contributed by atoms with van der Waals surface area (Å²) >= 11 is 1.82. The summed E-state index contributed by atoms with van der Waals surface area (Å²) in [6.45, 7) is 9.46. The van der Waals surface area contributed by atoms with Gasteiger partial charge in [0.25, 0.3) is 0 Å². The van der Waals surface area contributed by atoms with Crippen LogP contribution in [0.5, 0.6) is 0 Å². The van der Waals surface area contributed by atoms with Crippen molar-refractivity contribution in [2.75, 3.05) is 17.6 Å². The van der Waals surface area contributed by atoms with E-state index < -0.39 is 0 Å². The largest absolute Gasteiger partial charge is 0.323 e. The Balaban J connectivity index is 1.73. The Morgan fingerprint density at radius 1 is 1.08 bits per heavy atom. The standard InChI is InChI=1S/C21H26N2OS/c1-15-5-11-18(12-6-15)22-20(24)23-13-14-25-19(23)16-7-9-17(10-8-16)21(2,3)4/h5-12,19H,13-14H2,1-4H3,(H,22,24). The van der Waals surface area contributed by atoms with Crippen molar-refractivity contribution >= 4 is 23.5 Å². The molecule has 3 nitrogen and oxygen atoms in total. The normalized spacial score (nSPS) is 17.6. The number of hydrogen-bond donors (Lipinski definition) is 1. The van der Waals surface area contributed by atoms with Gasteiger partial charge in [0.15, 0.2) is 0 Å². The summed E-state index contributed by atoms with van der Waals surface area (Å²) in [7, 11) is 0. The number of thioether (sulfide) groups is 1. The topological polar surface area (TPSA) is 32.3 Å². The zero-order valence-electron chi connectivity index (χ0n) is 15.4. The first-order chi connectivity index (χ1) is 11.8. The lowest BCUT2D eigenvalue weighted by Crippen LogP contribution is -2.34. The molecule has 3 rings (SSSR count). The van der Waals surface area contributed by atoms with Gasteiger partial charge >= 0.3 is 6.03 Å². The molecule has 1 atom stereocenters. The summed E-state index contributed by atoms with van der Waals surface area (Å²) in [6.07, 6.45) is 0. The van der Waals surface area contributed by atoms with E-state index in [9.17, 15) is 4.79 Å². The average Bonchev–Trinajstić information content (AvgIpc) is 3.06. The number of hydrogen-bond acceptors (Lipinski definition) is 2. The molecule has 1 fully saturated rings. The second kappa shape index (κ2) is 7.12. The van der Waals surface area contributed by atoms with E-state index in [4.69, 9.17) is 0 Å². The van der Waals surface area contributed by atoms with Crippen LogP contribution in [-0.4, -0.2) is 23.2 Å². The quantitative estimate of drug-likeness (QED) is 0.764. The number of urea groups is 1. The molecule has 2 aromatic rings. The Hall–Kier alpha value is -1.94. The van der Waals surface area contributed by atoms with Crippen molar-refractivity contribution in [1.29, 1.82) is 0 Å². The molecule has 0 bridgehead atoms. The summed E-state index contributed by atoms with van der Waals surface area (Å²) in [6, 6.07) is 16.6. The van der Waals surface area contributed by atoms with Gasteiger partial charge in [0, 0.05) is 18.0 Å². The molecule has 0 spiro atoms. The van der Waals surface area contributed by atoms with Gasteiger partial charge in [-0.15, -0.1) is 11.8 Å². The zero-order chi connectivity index (χ0) is 18.0. The van der Waals surface area contributed by atoms with Gasteiger partial charge in [-0.05, 0) is 35.6 Å². The number of carbonyl (C=O) groups is 1. The molecule has 1 unspecified atom stereocenters. The van der Waals surface area contributed by atoms with E-state index in [0.717, 1.165) is 18.0 Å². The van der Waals surface area contributed by atoms with Gasteiger partial charge in [-0.3, -0.25) is 0 Å². The molecule has 0 saturated carbocycles. The molecule has 1 aliphatic heterocycles. The van der Waals surface area contributed by atoms with Crippen LogP contribution < -0.4 is 5.32 Å². The number of rotatable bonds is 2. The summed E-state index contributed by atoms with van der Waals surface area (Å²) < 4.78 is 0. The van der Waals surface area contributed by atoms with Crippen LogP contribution in [0.25, 0.3) is 0 Å². The van der Waals surface area contributed by atoms with Crippen molar-refractivity contribution in [2.24, 2.45) is 0 Å². The first kappa shape index (κ1) is 17.9. The number of carbonyl (C=O) groups excluding carboxylic acids is 1. The van der Waals surface area contributed by atoms with Crippen LogP contribution in [0.4, 0.5) is 10.5 Å². The minimum Gasteiger partial charge on any atom is -0.308 e. The Morgan fingerprint density at radius 3 is 2.32 bits per heavy atom. The number of anilines is 1. The Bertz CT molecular complexity index is 732.